The van der Waals surface area contributed by atoms with E-state index < -0.39 is 0 Å². The van der Waals surface area contributed by atoms with Crippen LogP contribution in [0.15, 0.2) is 24.5 Å². The van der Waals surface area contributed by atoms with E-state index in [2.05, 4.69) is 20.9 Å². The monoisotopic (exact) mass is 243 g/mol. The molecule has 3 heteroatoms. The zero-order chi connectivity index (χ0) is 9.36. The predicted octanol–water partition coefficient (Wildman–Crippen LogP) is 3.03. The molecule has 0 bridgehead atoms. The normalized spacial score (nSPS) is 9.92. The highest BCUT2D eigenvalue weighted by atomic mass is 79.9. The van der Waals surface area contributed by atoms with Crippen molar-refractivity contribution < 1.29 is 4.74 Å². The Balaban J connectivity index is 2.07. The van der Waals surface area contributed by atoms with Crippen LogP contribution in [0.1, 0.15) is 19.3 Å². The second-order valence-electron chi connectivity index (χ2n) is 2.79. The van der Waals surface area contributed by atoms with Gasteiger partial charge in [-0.05, 0) is 31.4 Å². The molecule has 0 aromatic carbocycles. The summed E-state index contributed by atoms with van der Waals surface area (Å²) in [6.45, 7) is 0.790. The lowest BCUT2D eigenvalue weighted by Gasteiger charge is -2.03. The number of halogens is 1. The summed E-state index contributed by atoms with van der Waals surface area (Å²) in [7, 11) is 0. The Bertz CT molecular complexity index is 215. The average Bonchev–Trinajstić information content (AvgIpc) is 2.19. The van der Waals surface area contributed by atoms with E-state index in [1.165, 1.54) is 12.8 Å². The fourth-order valence-electron chi connectivity index (χ4n) is 0.996. The Morgan fingerprint density at radius 1 is 1.31 bits per heavy atom. The molecule has 72 valence electrons. The highest BCUT2D eigenvalue weighted by Gasteiger charge is 1.91. The average molecular weight is 244 g/mol. The fraction of sp³-hybridized carbons (Fsp3) is 0.500. The van der Waals surface area contributed by atoms with Gasteiger partial charge in [0.05, 0.1) is 12.8 Å². The van der Waals surface area contributed by atoms with Gasteiger partial charge in [-0.2, -0.15) is 0 Å². The molecule has 0 atom stereocenters. The molecule has 0 aliphatic rings. The van der Waals surface area contributed by atoms with E-state index in [1.54, 1.807) is 12.4 Å². The number of aromatic nitrogens is 1. The van der Waals surface area contributed by atoms with Gasteiger partial charge in [0.2, 0.25) is 0 Å². The van der Waals surface area contributed by atoms with Crippen molar-refractivity contribution in [2.75, 3.05) is 11.9 Å². The predicted molar refractivity (Wildman–Crippen MR) is 57.4 cm³/mol. The van der Waals surface area contributed by atoms with Gasteiger partial charge in [-0.25, -0.2) is 0 Å². The number of rotatable bonds is 6. The molecule has 0 radical (unpaired) electrons. The first-order valence-corrected chi connectivity index (χ1v) is 5.64. The molecule has 0 aliphatic carbocycles. The largest absolute Gasteiger partial charge is 0.492 e. The number of alkyl halides is 1. The van der Waals surface area contributed by atoms with Crippen LogP contribution >= 0.6 is 15.9 Å². The standard InChI is InChI=1S/C10H14BrNO/c11-6-2-1-3-8-13-10-5-4-7-12-9-10/h4-5,7,9H,1-3,6,8H2. The lowest BCUT2D eigenvalue weighted by molar-refractivity contribution is 0.305. The molecular formula is C10H14BrNO. The van der Waals surface area contributed by atoms with Crippen LogP contribution in [0.25, 0.3) is 0 Å². The first-order valence-electron chi connectivity index (χ1n) is 4.52. The third-order valence-electron chi connectivity index (χ3n) is 1.68. The van der Waals surface area contributed by atoms with E-state index >= 15 is 0 Å². The first kappa shape index (κ1) is 10.5. The Kier molecular flexibility index (Phi) is 5.57. The Hall–Kier alpha value is -0.570. The fourth-order valence-corrected chi connectivity index (χ4v) is 1.39. The lowest BCUT2D eigenvalue weighted by Crippen LogP contribution is -1.97. The molecule has 0 aliphatic heterocycles. The molecule has 0 fully saturated rings. The Labute approximate surface area is 87.5 Å². The second kappa shape index (κ2) is 6.89. The van der Waals surface area contributed by atoms with Gasteiger partial charge in [-0.1, -0.05) is 15.9 Å². The molecule has 2 nitrogen and oxygen atoms in total. The highest BCUT2D eigenvalue weighted by Crippen LogP contribution is 2.07. The maximum Gasteiger partial charge on any atom is 0.137 e. The van der Waals surface area contributed by atoms with Crippen molar-refractivity contribution in [3.63, 3.8) is 0 Å². The van der Waals surface area contributed by atoms with Crippen molar-refractivity contribution in [1.29, 1.82) is 0 Å². The zero-order valence-corrected chi connectivity index (χ0v) is 9.16. The summed E-state index contributed by atoms with van der Waals surface area (Å²) < 4.78 is 5.47. The minimum atomic E-state index is 0.790. The lowest BCUT2D eigenvalue weighted by atomic mass is 10.3. The molecule has 1 rings (SSSR count). The van der Waals surface area contributed by atoms with E-state index in [4.69, 9.17) is 4.74 Å². The van der Waals surface area contributed by atoms with Crippen LogP contribution in [-0.2, 0) is 0 Å². The van der Waals surface area contributed by atoms with Gasteiger partial charge in [-0.3, -0.25) is 4.98 Å². The van der Waals surface area contributed by atoms with E-state index in [0.717, 1.165) is 24.1 Å². The van der Waals surface area contributed by atoms with Gasteiger partial charge in [0, 0.05) is 11.5 Å². The highest BCUT2D eigenvalue weighted by molar-refractivity contribution is 9.09. The number of nitrogens with zero attached hydrogens (tertiary/aromatic N) is 1. The van der Waals surface area contributed by atoms with Crippen LogP contribution < -0.4 is 4.74 Å². The Morgan fingerprint density at radius 2 is 2.23 bits per heavy atom. The van der Waals surface area contributed by atoms with Crippen LogP contribution in [0.2, 0.25) is 0 Å². The minimum absolute atomic E-state index is 0.790. The van der Waals surface area contributed by atoms with Crippen molar-refractivity contribution in [2.24, 2.45) is 0 Å². The van der Waals surface area contributed by atoms with Crippen molar-refractivity contribution >= 4 is 15.9 Å². The van der Waals surface area contributed by atoms with E-state index in [1.807, 2.05) is 12.1 Å². The van der Waals surface area contributed by atoms with Gasteiger partial charge in [-0.15, -0.1) is 0 Å². The first-order chi connectivity index (χ1) is 6.43. The molecule has 0 spiro atoms. The number of unbranched alkanes of at least 4 members (excludes halogenated alkanes) is 2. The number of hydrogen-bond acceptors (Lipinski definition) is 2. The summed E-state index contributed by atoms with van der Waals surface area (Å²) in [5.41, 5.74) is 0. The van der Waals surface area contributed by atoms with E-state index in [0.29, 0.717) is 0 Å². The maximum absolute atomic E-state index is 5.47. The molecule has 0 saturated carbocycles. The quantitative estimate of drug-likeness (QED) is 0.566. The molecule has 0 N–H and O–H groups in total. The van der Waals surface area contributed by atoms with Gasteiger partial charge in [0.1, 0.15) is 5.75 Å². The molecule has 1 aromatic heterocycles. The van der Waals surface area contributed by atoms with Crippen LogP contribution in [0.5, 0.6) is 5.75 Å². The van der Waals surface area contributed by atoms with E-state index in [-0.39, 0.29) is 0 Å². The third-order valence-corrected chi connectivity index (χ3v) is 2.24. The molecule has 13 heavy (non-hydrogen) atoms. The van der Waals surface area contributed by atoms with E-state index in [9.17, 15) is 0 Å². The van der Waals surface area contributed by atoms with Crippen molar-refractivity contribution in [1.82, 2.24) is 4.98 Å². The maximum atomic E-state index is 5.47. The van der Waals surface area contributed by atoms with Crippen molar-refractivity contribution in [3.8, 4) is 5.75 Å². The number of pyridine rings is 1. The topological polar surface area (TPSA) is 22.1 Å². The van der Waals surface area contributed by atoms with Gasteiger partial charge in [0.25, 0.3) is 0 Å². The molecule has 0 amide bonds. The molecule has 0 unspecified atom stereocenters. The summed E-state index contributed by atoms with van der Waals surface area (Å²) in [4.78, 5) is 3.97. The summed E-state index contributed by atoms with van der Waals surface area (Å²) in [6, 6.07) is 3.81. The number of hydrogen-bond donors (Lipinski definition) is 0. The summed E-state index contributed by atoms with van der Waals surface area (Å²) >= 11 is 3.40. The molecule has 1 aromatic rings. The second-order valence-corrected chi connectivity index (χ2v) is 3.58. The summed E-state index contributed by atoms with van der Waals surface area (Å²) in [6.07, 6.45) is 7.03. The molecule has 1 heterocycles. The van der Waals surface area contributed by atoms with Crippen LogP contribution in [0, 0.1) is 0 Å². The van der Waals surface area contributed by atoms with Crippen LogP contribution in [-0.4, -0.2) is 16.9 Å². The Morgan fingerprint density at radius 3 is 2.92 bits per heavy atom. The SMILES string of the molecule is BrCCCCCOc1cccnc1. The summed E-state index contributed by atoms with van der Waals surface area (Å²) in [5, 5.41) is 1.08. The third kappa shape index (κ3) is 4.88. The number of ether oxygens (including phenoxy) is 1. The van der Waals surface area contributed by atoms with Gasteiger partial charge in [0.15, 0.2) is 0 Å². The minimum Gasteiger partial charge on any atom is -0.492 e. The van der Waals surface area contributed by atoms with Crippen molar-refractivity contribution in [2.45, 2.75) is 19.3 Å². The van der Waals surface area contributed by atoms with Crippen LogP contribution in [0.3, 0.4) is 0 Å². The summed E-state index contributed by atoms with van der Waals surface area (Å²) in [5.74, 6) is 0.862. The molecule has 0 saturated heterocycles. The smallest absolute Gasteiger partial charge is 0.137 e. The molecular weight excluding hydrogens is 230 g/mol. The van der Waals surface area contributed by atoms with Crippen molar-refractivity contribution in [3.05, 3.63) is 24.5 Å². The van der Waals surface area contributed by atoms with Crippen LogP contribution in [0.4, 0.5) is 0 Å². The zero-order valence-electron chi connectivity index (χ0n) is 7.58. The van der Waals surface area contributed by atoms with Gasteiger partial charge >= 0.3 is 0 Å². The van der Waals surface area contributed by atoms with Gasteiger partial charge < -0.3 is 4.74 Å².